The first-order valence-corrected chi connectivity index (χ1v) is 18.2. The molecule has 54 heavy (non-hydrogen) atoms. The number of halogens is 4. The second kappa shape index (κ2) is 14.3. The molecular weight excluding hydrogens is 731 g/mol. The number of piperidine rings is 1. The minimum absolute atomic E-state index is 0.00149. The number of carbonyl (C=O) groups is 2. The molecule has 1 aliphatic carbocycles. The van der Waals surface area contributed by atoms with Gasteiger partial charge in [-0.1, -0.05) is 24.6 Å². The minimum atomic E-state index is -4.61. The summed E-state index contributed by atoms with van der Waals surface area (Å²) in [7, 11) is 0. The number of hydrogen-bond donors (Lipinski definition) is 2. The van der Waals surface area contributed by atoms with E-state index in [9.17, 15) is 32.7 Å². The Morgan fingerprint density at radius 3 is 2.56 bits per heavy atom. The minimum Gasteiger partial charge on any atom is -0.503 e. The summed E-state index contributed by atoms with van der Waals surface area (Å²) in [6, 6.07) is 2.68. The summed E-state index contributed by atoms with van der Waals surface area (Å²) in [5, 5.41) is 18.0. The van der Waals surface area contributed by atoms with E-state index in [4.69, 9.17) is 21.3 Å². The number of carbonyl (C=O) groups excluding carboxylic acids is 2. The first-order chi connectivity index (χ1) is 25.8. The molecule has 286 valence electrons. The van der Waals surface area contributed by atoms with E-state index < -0.39 is 29.0 Å². The zero-order valence-corrected chi connectivity index (χ0v) is 30.7. The van der Waals surface area contributed by atoms with Crippen molar-refractivity contribution >= 4 is 46.3 Å². The Labute approximate surface area is 312 Å². The molecule has 3 aliphatic rings. The lowest BCUT2D eigenvalue weighted by Gasteiger charge is -2.39. The summed E-state index contributed by atoms with van der Waals surface area (Å²) in [6.07, 6.45) is 0.420. The van der Waals surface area contributed by atoms with Crippen LogP contribution in [0, 0.1) is 0 Å². The predicted molar refractivity (Wildman–Crippen MR) is 193 cm³/mol. The van der Waals surface area contributed by atoms with Crippen LogP contribution in [-0.4, -0.2) is 90.3 Å². The summed E-state index contributed by atoms with van der Waals surface area (Å²) in [5.74, 6) is -0.780. The van der Waals surface area contributed by atoms with Crippen LogP contribution in [0.2, 0.25) is 5.02 Å². The molecule has 1 atom stereocenters. The SMILES string of the molecule is CCN(CC)c1ncnc(C(=O)N2CCC3(CC2)CC(C)c2c3c(=O)n3nc(C4=CCOCC4)nc3n2CC(=O)Nc2ccc(C(F)(F)F)cc2Cl)c1O. The van der Waals surface area contributed by atoms with Gasteiger partial charge in [0.05, 0.1) is 29.5 Å². The molecular formula is C36H39ClF3N9O5. The van der Waals surface area contributed by atoms with E-state index in [1.807, 2.05) is 31.7 Å². The van der Waals surface area contributed by atoms with Crippen LogP contribution in [0.4, 0.5) is 24.7 Å². The smallest absolute Gasteiger partial charge is 0.416 e. The fourth-order valence-electron chi connectivity index (χ4n) is 8.04. The van der Waals surface area contributed by atoms with Gasteiger partial charge in [-0.25, -0.2) is 9.97 Å². The number of alkyl halides is 3. The molecule has 2 amide bonds. The fraction of sp³-hybridized carbons (Fsp3) is 0.472. The molecule has 0 radical (unpaired) electrons. The molecule has 4 aromatic rings. The monoisotopic (exact) mass is 769 g/mol. The first kappa shape index (κ1) is 37.3. The van der Waals surface area contributed by atoms with Crippen molar-refractivity contribution < 1.29 is 32.6 Å². The number of nitrogens with zero attached hydrogens (tertiary/aromatic N) is 8. The highest BCUT2D eigenvalue weighted by Crippen LogP contribution is 2.50. The van der Waals surface area contributed by atoms with E-state index in [2.05, 4.69) is 20.4 Å². The number of rotatable bonds is 8. The molecule has 7 rings (SSSR count). The molecule has 5 heterocycles. The molecule has 1 spiro atoms. The van der Waals surface area contributed by atoms with Crippen molar-refractivity contribution in [3.63, 3.8) is 0 Å². The number of aromatic hydroxyl groups is 1. The van der Waals surface area contributed by atoms with Crippen molar-refractivity contribution in [2.45, 2.75) is 70.5 Å². The number of nitrogens with one attached hydrogen (secondary N) is 1. The topological polar surface area (TPSA) is 160 Å². The number of fused-ring (bicyclic) bond motifs is 3. The maximum absolute atomic E-state index is 14.5. The predicted octanol–water partition coefficient (Wildman–Crippen LogP) is 5.03. The Bertz CT molecular complexity index is 2230. The number of aromatic nitrogens is 6. The number of anilines is 2. The van der Waals surface area contributed by atoms with E-state index in [0.29, 0.717) is 69.1 Å². The molecule has 14 nitrogen and oxygen atoms in total. The molecule has 3 aromatic heterocycles. The average Bonchev–Trinajstić information content (AvgIpc) is 3.72. The van der Waals surface area contributed by atoms with E-state index in [-0.39, 0.29) is 64.9 Å². The van der Waals surface area contributed by atoms with Gasteiger partial charge in [0.15, 0.2) is 23.1 Å². The summed E-state index contributed by atoms with van der Waals surface area (Å²) in [6.45, 7) is 7.98. The highest BCUT2D eigenvalue weighted by atomic mass is 35.5. The third kappa shape index (κ3) is 6.56. The van der Waals surface area contributed by atoms with Crippen LogP contribution >= 0.6 is 11.6 Å². The van der Waals surface area contributed by atoms with Crippen molar-refractivity contribution in [3.05, 3.63) is 74.3 Å². The lowest BCUT2D eigenvalue weighted by atomic mass is 9.73. The van der Waals surface area contributed by atoms with E-state index in [1.54, 1.807) is 9.47 Å². The van der Waals surface area contributed by atoms with Crippen molar-refractivity contribution in [1.29, 1.82) is 0 Å². The Kier molecular flexibility index (Phi) is 9.89. The Morgan fingerprint density at radius 2 is 1.91 bits per heavy atom. The molecule has 18 heteroatoms. The summed E-state index contributed by atoms with van der Waals surface area (Å²) in [5.41, 5.74) is -0.190. The van der Waals surface area contributed by atoms with Gasteiger partial charge < -0.3 is 29.5 Å². The van der Waals surface area contributed by atoms with Gasteiger partial charge in [0.1, 0.15) is 12.9 Å². The van der Waals surface area contributed by atoms with E-state index in [0.717, 1.165) is 23.8 Å². The maximum Gasteiger partial charge on any atom is 0.416 e. The molecule has 2 N–H and O–H groups in total. The van der Waals surface area contributed by atoms with Crippen LogP contribution in [0.15, 0.2) is 35.4 Å². The summed E-state index contributed by atoms with van der Waals surface area (Å²) in [4.78, 5) is 58.4. The third-order valence-corrected chi connectivity index (χ3v) is 11.0. The standard InChI is InChI=1S/C36H39ClF3N9O5/c1-4-46(5-2)31-29(51)27(41-19-42-31)33(53)47-12-10-35(11-13-47)17-20(3)28-26(35)32(52)49-34(44-30(45-49)21-8-14-54-15-9-21)48(28)18-25(50)43-24-7-6-22(16-23(24)37)36(38,39)40/h6-8,16,19-20,51H,4-5,9-15,17-18H2,1-3H3,(H,43,50). The second-order valence-electron chi connectivity index (χ2n) is 13.8. The highest BCUT2D eigenvalue weighted by Gasteiger charge is 2.49. The van der Waals surface area contributed by atoms with Gasteiger partial charge in [-0.05, 0) is 69.2 Å². The van der Waals surface area contributed by atoms with Gasteiger partial charge in [0.25, 0.3) is 11.5 Å². The van der Waals surface area contributed by atoms with Gasteiger partial charge in [0, 0.05) is 42.9 Å². The Morgan fingerprint density at radius 1 is 1.17 bits per heavy atom. The van der Waals surface area contributed by atoms with Crippen LogP contribution in [-0.2, 0) is 27.7 Å². The number of ether oxygens (including phenoxy) is 1. The van der Waals surface area contributed by atoms with Crippen LogP contribution < -0.4 is 15.8 Å². The van der Waals surface area contributed by atoms with Crippen LogP contribution in [0.3, 0.4) is 0 Å². The number of likely N-dealkylation sites (tertiary alicyclic amines) is 1. The van der Waals surface area contributed by atoms with Crippen LogP contribution in [0.1, 0.15) is 85.5 Å². The molecule has 2 aliphatic heterocycles. The zero-order valence-electron chi connectivity index (χ0n) is 29.9. The van der Waals surface area contributed by atoms with Gasteiger partial charge in [-0.2, -0.15) is 22.7 Å². The molecule has 1 aromatic carbocycles. The Balaban J connectivity index is 1.24. The van der Waals surface area contributed by atoms with Gasteiger partial charge in [0.2, 0.25) is 11.7 Å². The second-order valence-corrected chi connectivity index (χ2v) is 14.2. The normalized spacial score (nSPS) is 18.2. The van der Waals surface area contributed by atoms with Crippen LogP contribution in [0.5, 0.6) is 5.75 Å². The van der Waals surface area contributed by atoms with Crippen LogP contribution in [0.25, 0.3) is 11.4 Å². The van der Waals surface area contributed by atoms with E-state index >= 15 is 0 Å². The quantitative estimate of drug-likeness (QED) is 0.249. The van der Waals surface area contributed by atoms with Gasteiger partial charge >= 0.3 is 6.18 Å². The molecule has 0 bridgehead atoms. The largest absolute Gasteiger partial charge is 0.503 e. The number of benzene rings is 1. The molecule has 1 saturated heterocycles. The molecule has 1 fully saturated rings. The summed E-state index contributed by atoms with van der Waals surface area (Å²) >= 11 is 6.16. The van der Waals surface area contributed by atoms with Crippen molar-refractivity contribution in [1.82, 2.24) is 34.0 Å². The van der Waals surface area contributed by atoms with Gasteiger partial charge in [-0.15, -0.1) is 5.10 Å². The summed E-state index contributed by atoms with van der Waals surface area (Å²) < 4.78 is 48.1. The van der Waals surface area contributed by atoms with Crippen molar-refractivity contribution in [2.75, 3.05) is 49.6 Å². The Hall–Kier alpha value is -5.03. The fourth-order valence-corrected chi connectivity index (χ4v) is 8.27. The van der Waals surface area contributed by atoms with Crippen molar-refractivity contribution in [2.24, 2.45) is 0 Å². The van der Waals surface area contributed by atoms with E-state index in [1.165, 1.54) is 10.8 Å². The molecule has 1 unspecified atom stereocenters. The lowest BCUT2D eigenvalue weighted by molar-refractivity contribution is -0.137. The number of amides is 2. The van der Waals surface area contributed by atoms with Gasteiger partial charge in [-0.3, -0.25) is 14.4 Å². The average molecular weight is 770 g/mol. The third-order valence-electron chi connectivity index (χ3n) is 10.7. The van der Waals surface area contributed by atoms with Crippen molar-refractivity contribution in [3.8, 4) is 5.75 Å². The number of hydrogen-bond acceptors (Lipinski definition) is 10. The molecule has 0 saturated carbocycles. The first-order valence-electron chi connectivity index (χ1n) is 17.8. The lowest BCUT2D eigenvalue weighted by Crippen LogP contribution is -2.47. The zero-order chi connectivity index (χ0) is 38.5. The highest BCUT2D eigenvalue weighted by molar-refractivity contribution is 6.33. The maximum atomic E-state index is 14.5.